The molecule has 6 heteroatoms. The average molecular weight is 244 g/mol. The minimum Gasteiger partial charge on any atom is -0.480 e. The van der Waals surface area contributed by atoms with Gasteiger partial charge in [-0.2, -0.15) is 0 Å². The maximum atomic E-state index is 12.0. The summed E-state index contributed by atoms with van der Waals surface area (Å²) in [5.41, 5.74) is 0. The van der Waals surface area contributed by atoms with E-state index in [-0.39, 0.29) is 12.1 Å². The van der Waals surface area contributed by atoms with E-state index in [1.807, 2.05) is 6.92 Å². The molecule has 0 aromatic carbocycles. The highest BCUT2D eigenvalue weighted by atomic mass is 16.5. The fourth-order valence-corrected chi connectivity index (χ4v) is 1.69. The Bertz CT molecular complexity index is 295. The molecule has 1 fully saturated rings. The van der Waals surface area contributed by atoms with E-state index >= 15 is 0 Å². The first-order valence-electron chi connectivity index (χ1n) is 5.83. The normalized spacial score (nSPS) is 22.1. The second-order valence-corrected chi connectivity index (χ2v) is 4.25. The summed E-state index contributed by atoms with van der Waals surface area (Å²) < 4.78 is 5.47. The second-order valence-electron chi connectivity index (χ2n) is 4.25. The number of aliphatic carboxylic acids is 1. The van der Waals surface area contributed by atoms with Crippen LogP contribution in [0.15, 0.2) is 0 Å². The van der Waals surface area contributed by atoms with Gasteiger partial charge in [0.1, 0.15) is 6.04 Å². The van der Waals surface area contributed by atoms with Crippen LogP contribution in [0.25, 0.3) is 0 Å². The van der Waals surface area contributed by atoms with E-state index in [0.717, 1.165) is 6.42 Å². The van der Waals surface area contributed by atoms with Crippen molar-refractivity contribution >= 4 is 12.0 Å². The van der Waals surface area contributed by atoms with Crippen LogP contribution in [0.4, 0.5) is 4.79 Å². The molecule has 1 saturated heterocycles. The number of nitrogens with zero attached hydrogens (tertiary/aromatic N) is 2. The van der Waals surface area contributed by atoms with Gasteiger partial charge in [-0.05, 0) is 13.3 Å². The maximum absolute atomic E-state index is 12.0. The zero-order chi connectivity index (χ0) is 13.0. The van der Waals surface area contributed by atoms with Crippen molar-refractivity contribution in [3.8, 4) is 0 Å². The Kier molecular flexibility index (Phi) is 4.74. The van der Waals surface area contributed by atoms with Crippen molar-refractivity contribution in [1.29, 1.82) is 0 Å². The molecule has 0 aromatic rings. The second kappa shape index (κ2) is 5.86. The Balaban J connectivity index is 2.59. The van der Waals surface area contributed by atoms with Gasteiger partial charge >= 0.3 is 12.0 Å². The van der Waals surface area contributed by atoms with Gasteiger partial charge in [-0.3, -0.25) is 0 Å². The highest BCUT2D eigenvalue weighted by molar-refractivity contribution is 5.82. The van der Waals surface area contributed by atoms with Crippen LogP contribution in [0.5, 0.6) is 0 Å². The fourth-order valence-electron chi connectivity index (χ4n) is 1.69. The highest BCUT2D eigenvalue weighted by Gasteiger charge is 2.29. The molecular weight excluding hydrogens is 224 g/mol. The number of carboxylic acids is 1. The van der Waals surface area contributed by atoms with Crippen molar-refractivity contribution in [1.82, 2.24) is 9.80 Å². The lowest BCUT2D eigenvalue weighted by Gasteiger charge is -2.36. The summed E-state index contributed by atoms with van der Waals surface area (Å²) in [6.45, 7) is 5.07. The molecule has 2 unspecified atom stereocenters. The molecule has 0 spiro atoms. The number of amides is 2. The van der Waals surface area contributed by atoms with Crippen LogP contribution >= 0.6 is 0 Å². The Labute approximate surface area is 101 Å². The molecule has 0 aromatic heterocycles. The van der Waals surface area contributed by atoms with Gasteiger partial charge in [-0.1, -0.05) is 6.92 Å². The van der Waals surface area contributed by atoms with Crippen LogP contribution in [0.2, 0.25) is 0 Å². The number of rotatable bonds is 3. The van der Waals surface area contributed by atoms with Gasteiger partial charge in [0.25, 0.3) is 0 Å². The number of carbonyl (C=O) groups excluding carboxylic acids is 1. The Morgan fingerprint density at radius 1 is 1.59 bits per heavy atom. The standard InChI is InChI=1S/C11H20N2O4/c1-4-9-7-13(5-6-17-9)11(16)12(3)8(2)10(14)15/h8-9H,4-7H2,1-3H3,(H,14,15). The predicted octanol–water partition coefficient (Wildman–Crippen LogP) is 0.622. The van der Waals surface area contributed by atoms with Crippen molar-refractivity contribution in [2.24, 2.45) is 0 Å². The van der Waals surface area contributed by atoms with Crippen molar-refractivity contribution in [3.05, 3.63) is 0 Å². The molecule has 17 heavy (non-hydrogen) atoms. The summed E-state index contributed by atoms with van der Waals surface area (Å²) in [4.78, 5) is 25.8. The van der Waals surface area contributed by atoms with Gasteiger partial charge in [-0.25, -0.2) is 9.59 Å². The SMILES string of the molecule is CCC1CN(C(=O)N(C)C(C)C(=O)O)CCO1. The number of carboxylic acid groups (broad SMARTS) is 1. The molecule has 0 bridgehead atoms. The van der Waals surface area contributed by atoms with E-state index in [1.165, 1.54) is 18.9 Å². The zero-order valence-electron chi connectivity index (χ0n) is 10.5. The minimum atomic E-state index is -0.999. The lowest BCUT2D eigenvalue weighted by atomic mass is 10.2. The molecule has 1 aliphatic heterocycles. The molecule has 6 nitrogen and oxygen atoms in total. The van der Waals surface area contributed by atoms with Crippen molar-refractivity contribution < 1.29 is 19.4 Å². The summed E-state index contributed by atoms with van der Waals surface area (Å²) in [7, 11) is 1.51. The number of ether oxygens (including phenoxy) is 1. The molecule has 2 atom stereocenters. The fraction of sp³-hybridized carbons (Fsp3) is 0.818. The maximum Gasteiger partial charge on any atom is 0.326 e. The van der Waals surface area contributed by atoms with E-state index in [4.69, 9.17) is 9.84 Å². The van der Waals surface area contributed by atoms with E-state index in [0.29, 0.717) is 19.7 Å². The molecular formula is C11H20N2O4. The average Bonchev–Trinajstić information content (AvgIpc) is 2.36. The number of hydrogen-bond donors (Lipinski definition) is 1. The highest BCUT2D eigenvalue weighted by Crippen LogP contribution is 2.11. The van der Waals surface area contributed by atoms with Crippen LogP contribution in [0.1, 0.15) is 20.3 Å². The molecule has 98 valence electrons. The topological polar surface area (TPSA) is 70.1 Å². The monoisotopic (exact) mass is 244 g/mol. The zero-order valence-corrected chi connectivity index (χ0v) is 10.5. The smallest absolute Gasteiger partial charge is 0.326 e. The van der Waals surface area contributed by atoms with Crippen LogP contribution < -0.4 is 0 Å². The van der Waals surface area contributed by atoms with E-state index < -0.39 is 12.0 Å². The van der Waals surface area contributed by atoms with Gasteiger partial charge in [0.05, 0.1) is 12.7 Å². The van der Waals surface area contributed by atoms with E-state index in [1.54, 1.807) is 4.90 Å². The first-order valence-corrected chi connectivity index (χ1v) is 5.83. The summed E-state index contributed by atoms with van der Waals surface area (Å²) in [6, 6.07) is -1.06. The Morgan fingerprint density at radius 3 is 2.76 bits per heavy atom. The van der Waals surface area contributed by atoms with Crippen molar-refractivity contribution in [3.63, 3.8) is 0 Å². The molecule has 0 saturated carbocycles. The largest absolute Gasteiger partial charge is 0.480 e. The van der Waals surface area contributed by atoms with E-state index in [9.17, 15) is 9.59 Å². The van der Waals surface area contributed by atoms with Crippen LogP contribution in [-0.4, -0.2) is 65.8 Å². The lowest BCUT2D eigenvalue weighted by molar-refractivity contribution is -0.141. The van der Waals surface area contributed by atoms with Crippen LogP contribution in [-0.2, 0) is 9.53 Å². The summed E-state index contributed by atoms with van der Waals surface area (Å²) >= 11 is 0. The Morgan fingerprint density at radius 2 is 2.24 bits per heavy atom. The summed E-state index contributed by atoms with van der Waals surface area (Å²) in [6.07, 6.45) is 0.906. The van der Waals surface area contributed by atoms with Gasteiger partial charge in [-0.15, -0.1) is 0 Å². The first-order chi connectivity index (χ1) is 7.97. The third-order valence-corrected chi connectivity index (χ3v) is 3.10. The number of carbonyl (C=O) groups is 2. The van der Waals surface area contributed by atoms with Crippen LogP contribution in [0.3, 0.4) is 0 Å². The number of hydrogen-bond acceptors (Lipinski definition) is 3. The van der Waals surface area contributed by atoms with Gasteiger partial charge in [0.2, 0.25) is 0 Å². The van der Waals surface area contributed by atoms with Gasteiger partial charge in [0, 0.05) is 20.1 Å². The van der Waals surface area contributed by atoms with Gasteiger partial charge in [0.15, 0.2) is 0 Å². The molecule has 1 rings (SSSR count). The predicted molar refractivity (Wildman–Crippen MR) is 61.9 cm³/mol. The summed E-state index contributed by atoms with van der Waals surface area (Å²) in [5, 5.41) is 8.86. The number of morpholine rings is 1. The van der Waals surface area contributed by atoms with E-state index in [2.05, 4.69) is 0 Å². The first kappa shape index (κ1) is 13.8. The number of likely N-dealkylation sites (N-methyl/N-ethyl adjacent to an activating group) is 1. The van der Waals surface area contributed by atoms with Gasteiger partial charge < -0.3 is 19.6 Å². The molecule has 1 N–H and O–H groups in total. The minimum absolute atomic E-state index is 0.0567. The number of urea groups is 1. The quantitative estimate of drug-likeness (QED) is 0.790. The molecule has 0 radical (unpaired) electrons. The molecule has 0 aliphatic carbocycles. The molecule has 1 aliphatic rings. The van der Waals surface area contributed by atoms with Crippen molar-refractivity contribution in [2.75, 3.05) is 26.7 Å². The van der Waals surface area contributed by atoms with Crippen molar-refractivity contribution in [2.45, 2.75) is 32.4 Å². The van der Waals surface area contributed by atoms with Crippen LogP contribution in [0, 0.1) is 0 Å². The molecule has 2 amide bonds. The third-order valence-electron chi connectivity index (χ3n) is 3.10. The summed E-state index contributed by atoms with van der Waals surface area (Å²) in [5.74, 6) is -0.999. The lowest BCUT2D eigenvalue weighted by Crippen LogP contribution is -2.53. The Hall–Kier alpha value is -1.30. The molecule has 1 heterocycles. The third kappa shape index (κ3) is 3.33.